The van der Waals surface area contributed by atoms with Crippen LogP contribution < -0.4 is 15.4 Å². The molecule has 1 heterocycles. The van der Waals surface area contributed by atoms with Crippen LogP contribution in [0, 0.1) is 0 Å². The van der Waals surface area contributed by atoms with Crippen molar-refractivity contribution in [3.8, 4) is 5.75 Å². The lowest BCUT2D eigenvalue weighted by molar-refractivity contribution is -0.0497. The van der Waals surface area contributed by atoms with E-state index < -0.39 is 13.0 Å². The molecule has 0 saturated heterocycles. The molecule has 1 aliphatic rings. The monoisotopic (exact) mass is 433 g/mol. The summed E-state index contributed by atoms with van der Waals surface area (Å²) in [6.07, 6.45) is 1.76. The predicted molar refractivity (Wildman–Crippen MR) is 101 cm³/mol. The van der Waals surface area contributed by atoms with Crippen LogP contribution in [0.5, 0.6) is 5.75 Å². The number of nitrogens with zero attached hydrogens (tertiary/aromatic N) is 1. The van der Waals surface area contributed by atoms with E-state index in [4.69, 9.17) is 11.6 Å². The van der Waals surface area contributed by atoms with Crippen molar-refractivity contribution in [1.82, 2.24) is 15.6 Å². The highest BCUT2D eigenvalue weighted by atomic mass is 35.5. The fourth-order valence-corrected chi connectivity index (χ4v) is 3.62. The predicted octanol–water partition coefficient (Wildman–Crippen LogP) is 4.39. The maximum atomic E-state index is 12.5. The van der Waals surface area contributed by atoms with E-state index >= 15 is 0 Å². The van der Waals surface area contributed by atoms with Gasteiger partial charge >= 0.3 is 6.61 Å². The molecule has 1 aromatic carbocycles. The molecule has 29 heavy (non-hydrogen) atoms. The van der Waals surface area contributed by atoms with Gasteiger partial charge in [0.25, 0.3) is 12.3 Å². The van der Waals surface area contributed by atoms with Crippen LogP contribution in [0.1, 0.15) is 36.0 Å². The molecule has 158 valence electrons. The van der Waals surface area contributed by atoms with Crippen LogP contribution in [0.3, 0.4) is 0 Å². The molecule has 0 spiro atoms. The Balaban J connectivity index is 1.61. The quantitative estimate of drug-likeness (QED) is 0.636. The van der Waals surface area contributed by atoms with Crippen molar-refractivity contribution < 1.29 is 27.1 Å². The Bertz CT molecular complexity index is 861. The first-order valence-electron chi connectivity index (χ1n) is 9.18. The summed E-state index contributed by atoms with van der Waals surface area (Å²) in [5, 5.41) is 6.26. The third-order valence-corrected chi connectivity index (χ3v) is 5.13. The van der Waals surface area contributed by atoms with E-state index in [2.05, 4.69) is 20.4 Å². The van der Waals surface area contributed by atoms with Crippen LogP contribution in [-0.4, -0.2) is 42.6 Å². The molecule has 1 aliphatic carbocycles. The lowest BCUT2D eigenvalue weighted by Gasteiger charge is -2.29. The summed E-state index contributed by atoms with van der Waals surface area (Å²) in [5.74, 6) is -0.497. The summed E-state index contributed by atoms with van der Waals surface area (Å²) >= 11 is 5.95. The minimum atomic E-state index is -3.00. The smallest absolute Gasteiger partial charge is 0.387 e. The van der Waals surface area contributed by atoms with Gasteiger partial charge in [0.1, 0.15) is 5.75 Å². The second kappa shape index (κ2) is 9.58. The first-order valence-corrected chi connectivity index (χ1v) is 9.56. The highest BCUT2D eigenvalue weighted by Gasteiger charge is 2.23. The molecule has 1 amide bonds. The first kappa shape index (κ1) is 21.6. The van der Waals surface area contributed by atoms with Crippen LogP contribution in [0.2, 0.25) is 5.02 Å². The third kappa shape index (κ3) is 5.93. The molecule has 5 nitrogen and oxygen atoms in total. The number of benzene rings is 1. The summed E-state index contributed by atoms with van der Waals surface area (Å²) in [7, 11) is 0. The van der Waals surface area contributed by atoms with Crippen LogP contribution in [0.25, 0.3) is 10.9 Å². The van der Waals surface area contributed by atoms with Crippen molar-refractivity contribution in [3.05, 3.63) is 35.0 Å². The number of alkyl halides is 4. The summed E-state index contributed by atoms with van der Waals surface area (Å²) in [6.45, 7) is -3.33. The maximum Gasteiger partial charge on any atom is 0.387 e. The molecule has 0 radical (unpaired) electrons. The highest BCUT2D eigenvalue weighted by molar-refractivity contribution is 6.32. The first-order chi connectivity index (χ1) is 13.8. The minimum Gasteiger partial charge on any atom is -0.433 e. The molecular formula is C19H20ClF4N3O2. The summed E-state index contributed by atoms with van der Waals surface area (Å²) < 4.78 is 53.7. The maximum absolute atomic E-state index is 12.5. The average Bonchev–Trinajstić information content (AvgIpc) is 2.67. The second-order valence-corrected chi connectivity index (χ2v) is 7.31. The van der Waals surface area contributed by atoms with Gasteiger partial charge in [-0.15, -0.1) is 0 Å². The molecule has 2 N–H and O–H groups in total. The normalized spacial score (nSPS) is 19.7. The van der Waals surface area contributed by atoms with Crippen LogP contribution in [0.4, 0.5) is 17.6 Å². The zero-order chi connectivity index (χ0) is 21.0. The molecular weight excluding hydrogens is 414 g/mol. The molecule has 0 atom stereocenters. The Kier molecular flexibility index (Phi) is 7.13. The molecule has 0 aliphatic heterocycles. The third-order valence-electron chi connectivity index (χ3n) is 4.84. The van der Waals surface area contributed by atoms with Gasteiger partial charge in [0.15, 0.2) is 0 Å². The zero-order valence-electron chi connectivity index (χ0n) is 15.3. The Morgan fingerprint density at radius 2 is 1.83 bits per heavy atom. The van der Waals surface area contributed by atoms with Crippen molar-refractivity contribution in [3.63, 3.8) is 0 Å². The average molecular weight is 434 g/mol. The number of amides is 1. The molecule has 1 aromatic heterocycles. The van der Waals surface area contributed by atoms with Gasteiger partial charge in [-0.1, -0.05) is 11.6 Å². The molecule has 0 unspecified atom stereocenters. The van der Waals surface area contributed by atoms with Crippen molar-refractivity contribution in [1.29, 1.82) is 0 Å². The van der Waals surface area contributed by atoms with E-state index in [-0.39, 0.29) is 35.3 Å². The number of hydrogen-bond donors (Lipinski definition) is 2. The fourth-order valence-electron chi connectivity index (χ4n) is 3.41. The molecule has 1 fully saturated rings. The second-order valence-electron chi connectivity index (χ2n) is 6.90. The molecule has 10 heteroatoms. The largest absolute Gasteiger partial charge is 0.433 e. The highest BCUT2D eigenvalue weighted by Crippen LogP contribution is 2.31. The number of rotatable bonds is 7. The van der Waals surface area contributed by atoms with Gasteiger partial charge in [0.05, 0.1) is 22.6 Å². The number of carbonyl (C=O) groups excluding carboxylic acids is 1. The molecule has 3 rings (SSSR count). The Labute approximate surface area is 169 Å². The van der Waals surface area contributed by atoms with Gasteiger partial charge in [-0.05, 0) is 37.8 Å². The number of ether oxygens (including phenoxy) is 1. The topological polar surface area (TPSA) is 63.2 Å². The van der Waals surface area contributed by atoms with Crippen molar-refractivity contribution >= 4 is 28.4 Å². The number of nitrogens with one attached hydrogen (secondary N) is 2. The van der Waals surface area contributed by atoms with Gasteiger partial charge in [-0.25, -0.2) is 8.78 Å². The Hall–Kier alpha value is -2.13. The number of carbonyl (C=O) groups is 1. The van der Waals surface area contributed by atoms with E-state index in [9.17, 15) is 22.4 Å². The lowest BCUT2D eigenvalue weighted by Crippen LogP contribution is -2.43. The lowest BCUT2D eigenvalue weighted by atomic mass is 9.91. The summed E-state index contributed by atoms with van der Waals surface area (Å²) in [4.78, 5) is 16.7. The fraction of sp³-hybridized carbons (Fsp3) is 0.474. The molecule has 0 bridgehead atoms. The SMILES string of the molecule is O=C(N[C@H]1CC[C@H](NCC(F)F)CC1)c1cnc2cc(OC(F)F)c(Cl)cc2c1. The van der Waals surface area contributed by atoms with E-state index in [1.807, 2.05) is 0 Å². The Morgan fingerprint density at radius 1 is 1.14 bits per heavy atom. The van der Waals surface area contributed by atoms with Gasteiger partial charge in [0, 0.05) is 29.7 Å². The van der Waals surface area contributed by atoms with E-state index in [1.54, 1.807) is 6.07 Å². The number of aromatic nitrogens is 1. The molecule has 2 aromatic rings. The zero-order valence-corrected chi connectivity index (χ0v) is 16.1. The summed E-state index contributed by atoms with van der Waals surface area (Å²) in [6, 6.07) is 4.27. The van der Waals surface area contributed by atoms with E-state index in [0.717, 1.165) is 0 Å². The van der Waals surface area contributed by atoms with Crippen LogP contribution in [-0.2, 0) is 0 Å². The number of halogens is 5. The van der Waals surface area contributed by atoms with Crippen molar-refractivity contribution in [2.24, 2.45) is 0 Å². The van der Waals surface area contributed by atoms with E-state index in [0.29, 0.717) is 42.1 Å². The van der Waals surface area contributed by atoms with E-state index in [1.165, 1.54) is 18.3 Å². The van der Waals surface area contributed by atoms with Gasteiger partial charge in [0.2, 0.25) is 0 Å². The summed E-state index contributed by atoms with van der Waals surface area (Å²) in [5.41, 5.74) is 0.682. The standard InChI is InChI=1S/C19H20ClF4N3O2/c20-14-6-10-5-11(8-26-15(10)7-16(14)29-19(23)24)18(28)27-13-3-1-12(2-4-13)25-9-17(21)22/h5-8,12-13,17,19,25H,1-4,9H2,(H,27,28)/t12-,13-. The van der Waals surface area contributed by atoms with Crippen molar-refractivity contribution in [2.75, 3.05) is 6.54 Å². The minimum absolute atomic E-state index is 0.00761. The Morgan fingerprint density at radius 3 is 2.48 bits per heavy atom. The van der Waals surface area contributed by atoms with Gasteiger partial charge in [-0.3, -0.25) is 9.78 Å². The van der Waals surface area contributed by atoms with Crippen molar-refractivity contribution in [2.45, 2.75) is 50.8 Å². The number of pyridine rings is 1. The van der Waals surface area contributed by atoms with Crippen LogP contribution in [0.15, 0.2) is 24.4 Å². The number of fused-ring (bicyclic) bond motifs is 1. The molecule has 1 saturated carbocycles. The number of hydrogen-bond acceptors (Lipinski definition) is 4. The van der Waals surface area contributed by atoms with Crippen LogP contribution >= 0.6 is 11.6 Å². The van der Waals surface area contributed by atoms with Gasteiger partial charge < -0.3 is 15.4 Å². The van der Waals surface area contributed by atoms with Gasteiger partial charge in [-0.2, -0.15) is 8.78 Å².